The Labute approximate surface area is 95.8 Å². The summed E-state index contributed by atoms with van der Waals surface area (Å²) in [7, 11) is 5.35. The second-order valence-corrected chi connectivity index (χ2v) is 3.67. The molecule has 0 aliphatic rings. The molecule has 0 saturated heterocycles. The summed E-state index contributed by atoms with van der Waals surface area (Å²) in [6.45, 7) is 2.28. The molecular weight excluding hydrogens is 209 g/mol. The van der Waals surface area contributed by atoms with Crippen molar-refractivity contribution in [1.82, 2.24) is 4.90 Å². The summed E-state index contributed by atoms with van der Waals surface area (Å²) in [5, 5.41) is 0. The molecule has 4 heteroatoms. The second kappa shape index (κ2) is 5.82. The lowest BCUT2D eigenvalue weighted by atomic mass is 10.1. The summed E-state index contributed by atoms with van der Waals surface area (Å²) in [6, 6.07) is 4.88. The van der Waals surface area contributed by atoms with Gasteiger partial charge in [0, 0.05) is 7.11 Å². The molecule has 1 aromatic rings. The summed E-state index contributed by atoms with van der Waals surface area (Å²) in [5.41, 5.74) is 0.772. The standard InChI is InChI=1S/C12H18FNO2/c1-5-16-11-7-6-9(8-10(11)13)12(15-4)14(2)3/h6-8,12H,5H2,1-4H3. The number of methoxy groups -OCH3 is 1. The topological polar surface area (TPSA) is 21.7 Å². The Morgan fingerprint density at radius 2 is 2.06 bits per heavy atom. The van der Waals surface area contributed by atoms with Crippen LogP contribution in [-0.2, 0) is 4.74 Å². The van der Waals surface area contributed by atoms with E-state index in [2.05, 4.69) is 0 Å². The van der Waals surface area contributed by atoms with Gasteiger partial charge in [0.15, 0.2) is 11.6 Å². The first-order valence-electron chi connectivity index (χ1n) is 5.21. The summed E-state index contributed by atoms with van der Waals surface area (Å²) in [6.07, 6.45) is -0.245. The highest BCUT2D eigenvalue weighted by Gasteiger charge is 2.15. The third-order valence-corrected chi connectivity index (χ3v) is 2.23. The fourth-order valence-electron chi connectivity index (χ4n) is 1.59. The molecule has 3 nitrogen and oxygen atoms in total. The van der Waals surface area contributed by atoms with Crippen LogP contribution >= 0.6 is 0 Å². The molecule has 0 radical (unpaired) electrons. The van der Waals surface area contributed by atoms with Gasteiger partial charge in [0.25, 0.3) is 0 Å². The first kappa shape index (κ1) is 12.9. The quantitative estimate of drug-likeness (QED) is 0.721. The Morgan fingerprint density at radius 1 is 1.38 bits per heavy atom. The van der Waals surface area contributed by atoms with Gasteiger partial charge in [-0.15, -0.1) is 0 Å². The van der Waals surface area contributed by atoms with Crippen LogP contribution in [0, 0.1) is 5.82 Å². The maximum atomic E-state index is 13.6. The summed E-state index contributed by atoms with van der Waals surface area (Å²) in [4.78, 5) is 1.87. The van der Waals surface area contributed by atoms with Crippen LogP contribution in [0.4, 0.5) is 4.39 Å². The highest BCUT2D eigenvalue weighted by atomic mass is 19.1. The predicted molar refractivity (Wildman–Crippen MR) is 61.0 cm³/mol. The number of ether oxygens (including phenoxy) is 2. The van der Waals surface area contributed by atoms with E-state index in [1.54, 1.807) is 13.2 Å². The first-order valence-corrected chi connectivity index (χ1v) is 5.21. The lowest BCUT2D eigenvalue weighted by Crippen LogP contribution is -2.21. The Morgan fingerprint density at radius 3 is 2.50 bits per heavy atom. The maximum Gasteiger partial charge on any atom is 0.165 e. The lowest BCUT2D eigenvalue weighted by Gasteiger charge is -2.23. The Kier molecular flexibility index (Phi) is 4.71. The molecule has 0 fully saturated rings. The van der Waals surface area contributed by atoms with Crippen LogP contribution in [0.15, 0.2) is 18.2 Å². The average molecular weight is 227 g/mol. The minimum absolute atomic E-state index is 0.245. The number of hydrogen-bond donors (Lipinski definition) is 0. The van der Waals surface area contributed by atoms with Crippen molar-refractivity contribution in [2.24, 2.45) is 0 Å². The van der Waals surface area contributed by atoms with Crippen molar-refractivity contribution in [3.05, 3.63) is 29.6 Å². The van der Waals surface area contributed by atoms with Crippen molar-refractivity contribution in [2.75, 3.05) is 27.8 Å². The minimum Gasteiger partial charge on any atom is -0.491 e. The molecule has 0 aromatic heterocycles. The molecule has 0 amide bonds. The smallest absolute Gasteiger partial charge is 0.165 e. The number of halogens is 1. The molecule has 1 unspecified atom stereocenters. The van der Waals surface area contributed by atoms with Crippen molar-refractivity contribution < 1.29 is 13.9 Å². The number of benzene rings is 1. The highest BCUT2D eigenvalue weighted by molar-refractivity contribution is 5.30. The molecule has 0 N–H and O–H groups in total. The zero-order valence-corrected chi connectivity index (χ0v) is 10.2. The van der Waals surface area contributed by atoms with Crippen molar-refractivity contribution in [3.63, 3.8) is 0 Å². The van der Waals surface area contributed by atoms with Gasteiger partial charge in [-0.1, -0.05) is 6.07 Å². The van der Waals surface area contributed by atoms with Crippen molar-refractivity contribution >= 4 is 0 Å². The van der Waals surface area contributed by atoms with Gasteiger partial charge in [-0.3, -0.25) is 4.90 Å². The number of rotatable bonds is 5. The van der Waals surface area contributed by atoms with Gasteiger partial charge in [0.1, 0.15) is 6.23 Å². The second-order valence-electron chi connectivity index (χ2n) is 3.67. The first-order chi connectivity index (χ1) is 7.60. The maximum absolute atomic E-state index is 13.6. The Balaban J connectivity index is 2.95. The van der Waals surface area contributed by atoms with Crippen molar-refractivity contribution in [2.45, 2.75) is 13.2 Å². The molecule has 1 aromatic carbocycles. The van der Waals surface area contributed by atoms with Gasteiger partial charge in [0.05, 0.1) is 6.61 Å². The monoisotopic (exact) mass is 227 g/mol. The third-order valence-electron chi connectivity index (χ3n) is 2.23. The summed E-state index contributed by atoms with van der Waals surface area (Å²) in [5.74, 6) is -0.0805. The van der Waals surface area contributed by atoms with Crippen LogP contribution in [0.5, 0.6) is 5.75 Å². The van der Waals surface area contributed by atoms with Crippen LogP contribution in [0.2, 0.25) is 0 Å². The van der Waals surface area contributed by atoms with Crippen LogP contribution < -0.4 is 4.74 Å². The molecule has 1 rings (SSSR count). The molecule has 0 aliphatic heterocycles. The molecular formula is C12H18FNO2. The van der Waals surface area contributed by atoms with Gasteiger partial charge >= 0.3 is 0 Å². The lowest BCUT2D eigenvalue weighted by molar-refractivity contribution is -0.00564. The van der Waals surface area contributed by atoms with E-state index < -0.39 is 0 Å². The SMILES string of the molecule is CCOc1ccc(C(OC)N(C)C)cc1F. The largest absolute Gasteiger partial charge is 0.491 e. The molecule has 16 heavy (non-hydrogen) atoms. The van der Waals surface area contributed by atoms with Crippen LogP contribution in [0.25, 0.3) is 0 Å². The van der Waals surface area contributed by atoms with E-state index in [9.17, 15) is 4.39 Å². The van der Waals surface area contributed by atoms with E-state index >= 15 is 0 Å². The molecule has 0 aliphatic carbocycles. The van der Waals surface area contributed by atoms with Crippen LogP contribution in [-0.4, -0.2) is 32.7 Å². The van der Waals surface area contributed by atoms with Gasteiger partial charge in [-0.2, -0.15) is 0 Å². The van der Waals surface area contributed by atoms with E-state index in [-0.39, 0.29) is 17.8 Å². The molecule has 1 atom stereocenters. The fourth-order valence-corrected chi connectivity index (χ4v) is 1.59. The molecule has 90 valence electrons. The summed E-state index contributed by atoms with van der Waals surface area (Å²) < 4.78 is 24.0. The molecule has 0 saturated carbocycles. The third kappa shape index (κ3) is 2.93. The highest BCUT2D eigenvalue weighted by Crippen LogP contribution is 2.24. The van der Waals surface area contributed by atoms with E-state index in [0.717, 1.165) is 5.56 Å². The average Bonchev–Trinajstić information content (AvgIpc) is 2.22. The summed E-state index contributed by atoms with van der Waals surface area (Å²) >= 11 is 0. The number of hydrogen-bond acceptors (Lipinski definition) is 3. The normalized spacial score (nSPS) is 12.9. The predicted octanol–water partition coefficient (Wildman–Crippen LogP) is 2.43. The van der Waals surface area contributed by atoms with Crippen LogP contribution in [0.1, 0.15) is 18.7 Å². The zero-order chi connectivity index (χ0) is 12.1. The molecule has 0 heterocycles. The Bertz CT molecular complexity index is 342. The van der Waals surface area contributed by atoms with Crippen LogP contribution in [0.3, 0.4) is 0 Å². The van der Waals surface area contributed by atoms with E-state index in [4.69, 9.17) is 9.47 Å². The number of nitrogens with zero attached hydrogens (tertiary/aromatic N) is 1. The van der Waals surface area contributed by atoms with Gasteiger partial charge in [-0.25, -0.2) is 4.39 Å². The van der Waals surface area contributed by atoms with Gasteiger partial charge < -0.3 is 9.47 Å². The molecule has 0 bridgehead atoms. The fraction of sp³-hybridized carbons (Fsp3) is 0.500. The van der Waals surface area contributed by atoms with Crippen molar-refractivity contribution in [3.8, 4) is 5.75 Å². The van der Waals surface area contributed by atoms with Gasteiger partial charge in [0.2, 0.25) is 0 Å². The van der Waals surface area contributed by atoms with Crippen molar-refractivity contribution in [1.29, 1.82) is 0 Å². The van der Waals surface area contributed by atoms with E-state index in [0.29, 0.717) is 6.61 Å². The zero-order valence-electron chi connectivity index (χ0n) is 10.2. The minimum atomic E-state index is -0.358. The van der Waals surface area contributed by atoms with E-state index in [1.807, 2.05) is 32.0 Å². The Hall–Kier alpha value is -1.13. The van der Waals surface area contributed by atoms with E-state index in [1.165, 1.54) is 6.07 Å². The van der Waals surface area contributed by atoms with Gasteiger partial charge in [-0.05, 0) is 38.7 Å². The molecule has 0 spiro atoms.